The number of carbonyl (C=O) groups excluding carboxylic acids is 4. The van der Waals surface area contributed by atoms with Gasteiger partial charge in [-0.05, 0) is 61.7 Å². The molecule has 1 amide bonds. The van der Waals surface area contributed by atoms with Crippen LogP contribution in [0.3, 0.4) is 0 Å². The van der Waals surface area contributed by atoms with E-state index in [0.29, 0.717) is 28.9 Å². The maximum Gasteiger partial charge on any atom is 0.331 e. The Bertz CT molecular complexity index is 2080. The Kier molecular flexibility index (Phi) is 9.41. The summed E-state index contributed by atoms with van der Waals surface area (Å²) in [5, 5.41) is 8.77. The molecule has 4 aromatic carbocycles. The molecule has 242 valence electrons. The van der Waals surface area contributed by atoms with E-state index < -0.39 is 23.9 Å². The highest BCUT2D eigenvalue weighted by Gasteiger charge is 2.24. The molecule has 5 aromatic rings. The molecule has 0 radical (unpaired) electrons. The van der Waals surface area contributed by atoms with Crippen LogP contribution in [0, 0.1) is 0 Å². The molecular weight excluding hydrogens is 596 g/mol. The van der Waals surface area contributed by atoms with Crippen molar-refractivity contribution in [3.63, 3.8) is 0 Å². The second-order valence-corrected chi connectivity index (χ2v) is 11.7. The standard InChI is InChI=1S/C37H38N4O6/c1-8-40-35-16-13-26(33(38-46-24(4)43)19-22(2)41(23(3)42)47-25(5)44)20-31(35)32-21-27(14-17-36(32)40)37(45)30-15-18-34(39(6)7)29-12-10-9-11-28(29)30/h9-18,20-22H,8,19H2,1-7H3/b38-33+. The smallest absolute Gasteiger partial charge is 0.331 e. The highest BCUT2D eigenvalue weighted by atomic mass is 16.7. The van der Waals surface area contributed by atoms with E-state index in [0.717, 1.165) is 43.3 Å². The fraction of sp³-hybridized carbons (Fsp3) is 0.270. The van der Waals surface area contributed by atoms with E-state index in [1.165, 1.54) is 20.8 Å². The maximum atomic E-state index is 14.1. The third-order valence-corrected chi connectivity index (χ3v) is 8.11. The van der Waals surface area contributed by atoms with Gasteiger partial charge in [-0.3, -0.25) is 14.4 Å². The number of hydrogen-bond donors (Lipinski definition) is 0. The van der Waals surface area contributed by atoms with Gasteiger partial charge in [0.15, 0.2) is 5.78 Å². The summed E-state index contributed by atoms with van der Waals surface area (Å²) in [5.74, 6) is -1.77. The van der Waals surface area contributed by atoms with E-state index in [-0.39, 0.29) is 12.2 Å². The number of aryl methyl sites for hydroxylation is 1. The van der Waals surface area contributed by atoms with Gasteiger partial charge in [-0.2, -0.15) is 5.06 Å². The number of hydroxylamine groups is 2. The molecule has 10 nitrogen and oxygen atoms in total. The Morgan fingerprint density at radius 3 is 1.98 bits per heavy atom. The zero-order valence-corrected chi connectivity index (χ0v) is 27.7. The average Bonchev–Trinajstić information content (AvgIpc) is 3.36. The molecule has 0 fully saturated rings. The van der Waals surface area contributed by atoms with Crippen molar-refractivity contribution in [2.45, 2.75) is 53.6 Å². The van der Waals surface area contributed by atoms with Gasteiger partial charge < -0.3 is 19.1 Å². The Balaban J connectivity index is 1.62. The number of amides is 1. The van der Waals surface area contributed by atoms with Crippen molar-refractivity contribution in [1.29, 1.82) is 0 Å². The first kappa shape index (κ1) is 32.9. The first-order chi connectivity index (χ1) is 22.4. The molecule has 1 unspecified atom stereocenters. The third kappa shape index (κ3) is 6.58. The van der Waals surface area contributed by atoms with Gasteiger partial charge in [-0.15, -0.1) is 0 Å². The number of anilines is 1. The molecule has 0 aliphatic rings. The van der Waals surface area contributed by atoms with Crippen LogP contribution in [0.1, 0.15) is 62.5 Å². The molecule has 0 saturated carbocycles. The van der Waals surface area contributed by atoms with Crippen LogP contribution < -0.4 is 4.90 Å². The fourth-order valence-corrected chi connectivity index (χ4v) is 6.09. The normalized spacial score (nSPS) is 12.3. The highest BCUT2D eigenvalue weighted by Crippen LogP contribution is 2.34. The summed E-state index contributed by atoms with van der Waals surface area (Å²) in [5.41, 5.74) is 5.17. The number of aromatic nitrogens is 1. The van der Waals surface area contributed by atoms with Crippen LogP contribution in [-0.4, -0.2) is 59.1 Å². The minimum atomic E-state index is -0.633. The number of rotatable bonds is 9. The van der Waals surface area contributed by atoms with Gasteiger partial charge in [-0.25, -0.2) is 4.79 Å². The quantitative estimate of drug-likeness (QED) is 0.0774. The van der Waals surface area contributed by atoms with Crippen LogP contribution >= 0.6 is 0 Å². The predicted molar refractivity (Wildman–Crippen MR) is 183 cm³/mol. The lowest BCUT2D eigenvalue weighted by Crippen LogP contribution is -2.39. The lowest BCUT2D eigenvalue weighted by Gasteiger charge is -2.26. The molecule has 0 N–H and O–H groups in total. The van der Waals surface area contributed by atoms with E-state index in [2.05, 4.69) is 16.6 Å². The van der Waals surface area contributed by atoms with E-state index in [1.54, 1.807) is 6.92 Å². The molecule has 0 aliphatic heterocycles. The van der Waals surface area contributed by atoms with Crippen molar-refractivity contribution in [1.82, 2.24) is 9.63 Å². The minimum absolute atomic E-state index is 0.0808. The van der Waals surface area contributed by atoms with Gasteiger partial charge >= 0.3 is 11.9 Å². The van der Waals surface area contributed by atoms with Gasteiger partial charge in [0.1, 0.15) is 0 Å². The van der Waals surface area contributed by atoms with Crippen LogP contribution in [0.25, 0.3) is 32.6 Å². The van der Waals surface area contributed by atoms with Gasteiger partial charge in [0, 0.05) is 97.4 Å². The zero-order valence-electron chi connectivity index (χ0n) is 27.7. The number of hydrogen-bond acceptors (Lipinski definition) is 8. The summed E-state index contributed by atoms with van der Waals surface area (Å²) in [6.07, 6.45) is 0.123. The van der Waals surface area contributed by atoms with Crippen LogP contribution in [0.15, 0.2) is 78.0 Å². The minimum Gasteiger partial charge on any atom is -0.377 e. The lowest BCUT2D eigenvalue weighted by atomic mass is 9.95. The first-order valence-electron chi connectivity index (χ1n) is 15.4. The summed E-state index contributed by atoms with van der Waals surface area (Å²) in [4.78, 5) is 62.0. The number of ketones is 1. The average molecular weight is 635 g/mol. The molecule has 0 aliphatic carbocycles. The summed E-state index contributed by atoms with van der Waals surface area (Å²) in [6.45, 7) is 8.23. The molecule has 1 heterocycles. The largest absolute Gasteiger partial charge is 0.377 e. The zero-order chi connectivity index (χ0) is 34.0. The summed E-state index contributed by atoms with van der Waals surface area (Å²) < 4.78 is 2.17. The molecule has 0 saturated heterocycles. The Morgan fingerprint density at radius 2 is 1.40 bits per heavy atom. The fourth-order valence-electron chi connectivity index (χ4n) is 6.09. The second-order valence-electron chi connectivity index (χ2n) is 11.7. The molecule has 0 bridgehead atoms. The van der Waals surface area contributed by atoms with Crippen molar-refractivity contribution >= 4 is 67.6 Å². The number of carbonyl (C=O) groups is 4. The number of oxime groups is 1. The van der Waals surface area contributed by atoms with E-state index in [1.807, 2.05) is 91.8 Å². The Labute approximate surface area is 273 Å². The monoisotopic (exact) mass is 634 g/mol. The Morgan fingerprint density at radius 1 is 0.787 bits per heavy atom. The summed E-state index contributed by atoms with van der Waals surface area (Å²) >= 11 is 0. The molecule has 47 heavy (non-hydrogen) atoms. The van der Waals surface area contributed by atoms with E-state index in [9.17, 15) is 19.2 Å². The topological polar surface area (TPSA) is 111 Å². The van der Waals surface area contributed by atoms with Crippen LogP contribution in [0.4, 0.5) is 5.69 Å². The van der Waals surface area contributed by atoms with Gasteiger partial charge in [0.25, 0.3) is 5.91 Å². The number of fused-ring (bicyclic) bond motifs is 4. The van der Waals surface area contributed by atoms with Crippen LogP contribution in [0.2, 0.25) is 0 Å². The van der Waals surface area contributed by atoms with Gasteiger partial charge in [-0.1, -0.05) is 35.5 Å². The second kappa shape index (κ2) is 13.5. The Hall–Kier alpha value is -5.51. The molecule has 0 spiro atoms. The van der Waals surface area contributed by atoms with Gasteiger partial charge in [0.2, 0.25) is 0 Å². The lowest BCUT2D eigenvalue weighted by molar-refractivity contribution is -0.202. The summed E-state index contributed by atoms with van der Waals surface area (Å²) in [6, 6.07) is 22.7. The number of nitrogens with zero attached hydrogens (tertiary/aromatic N) is 4. The van der Waals surface area contributed by atoms with Crippen molar-refractivity contribution in [2.24, 2.45) is 5.16 Å². The van der Waals surface area contributed by atoms with E-state index >= 15 is 0 Å². The SMILES string of the molecule is CCn1c2ccc(C(=O)c3ccc(N(C)C)c4ccccc34)cc2c2cc(/C(CC(C)N(OC(C)=O)C(C)=O)=N/OC(C)=O)ccc21. The highest BCUT2D eigenvalue weighted by molar-refractivity contribution is 6.20. The predicted octanol–water partition coefficient (Wildman–Crippen LogP) is 6.64. The van der Waals surface area contributed by atoms with Crippen LogP contribution in [-0.2, 0) is 30.6 Å². The van der Waals surface area contributed by atoms with E-state index in [4.69, 9.17) is 9.68 Å². The van der Waals surface area contributed by atoms with Crippen LogP contribution in [0.5, 0.6) is 0 Å². The molecular formula is C37H38N4O6. The first-order valence-corrected chi connectivity index (χ1v) is 15.4. The molecule has 10 heteroatoms. The number of benzene rings is 4. The van der Waals surface area contributed by atoms with Crippen molar-refractivity contribution < 1.29 is 28.9 Å². The maximum absolute atomic E-state index is 14.1. The third-order valence-electron chi connectivity index (χ3n) is 8.11. The summed E-state index contributed by atoms with van der Waals surface area (Å²) in [7, 11) is 3.97. The van der Waals surface area contributed by atoms with Crippen molar-refractivity contribution in [2.75, 3.05) is 19.0 Å². The van der Waals surface area contributed by atoms with Gasteiger partial charge in [0.05, 0.1) is 11.8 Å². The molecule has 1 atom stereocenters. The van der Waals surface area contributed by atoms with Crippen molar-refractivity contribution in [3.8, 4) is 0 Å². The molecule has 5 rings (SSSR count). The molecule has 1 aromatic heterocycles. The van der Waals surface area contributed by atoms with Crippen molar-refractivity contribution in [3.05, 3.63) is 89.5 Å².